The summed E-state index contributed by atoms with van der Waals surface area (Å²) in [6.45, 7) is 1.61. The molecular weight excluding hydrogens is 276 g/mol. The van der Waals surface area contributed by atoms with Crippen molar-refractivity contribution in [2.75, 3.05) is 37.7 Å². The molecule has 2 rings (SSSR count). The normalized spacial score (nSPS) is 28.1. The predicted molar refractivity (Wildman–Crippen MR) is 69.8 cm³/mol. The molecule has 1 unspecified atom stereocenters. The van der Waals surface area contributed by atoms with Crippen LogP contribution < -0.4 is 0 Å². The average Bonchev–Trinajstić information content (AvgIpc) is 2.40. The van der Waals surface area contributed by atoms with Crippen LogP contribution in [0.2, 0.25) is 0 Å². The number of rotatable bonds is 3. The van der Waals surface area contributed by atoms with Gasteiger partial charge >= 0.3 is 5.97 Å². The molecule has 0 spiro atoms. The molecule has 18 heavy (non-hydrogen) atoms. The minimum Gasteiger partial charge on any atom is -0.481 e. The van der Waals surface area contributed by atoms with E-state index >= 15 is 0 Å². The molecule has 0 saturated carbocycles. The molecule has 2 saturated heterocycles. The van der Waals surface area contributed by atoms with Crippen LogP contribution in [0.15, 0.2) is 0 Å². The number of carboxylic acid groups (broad SMARTS) is 1. The molecule has 8 heteroatoms. The molecule has 0 bridgehead atoms. The van der Waals surface area contributed by atoms with Crippen LogP contribution in [0.1, 0.15) is 12.8 Å². The minimum absolute atomic E-state index is 0.112. The van der Waals surface area contributed by atoms with Gasteiger partial charge in [-0.15, -0.1) is 0 Å². The number of hydrogen-bond acceptors (Lipinski definition) is 4. The van der Waals surface area contributed by atoms with Gasteiger partial charge in [0, 0.05) is 37.7 Å². The highest BCUT2D eigenvalue weighted by Crippen LogP contribution is 2.23. The van der Waals surface area contributed by atoms with Crippen LogP contribution in [0.3, 0.4) is 0 Å². The number of nitrogens with zero attached hydrogens (tertiary/aromatic N) is 2. The Balaban J connectivity index is 2.06. The second-order valence-electron chi connectivity index (χ2n) is 4.55. The highest BCUT2D eigenvalue weighted by molar-refractivity contribution is 7.99. The lowest BCUT2D eigenvalue weighted by atomic mass is 10.0. The van der Waals surface area contributed by atoms with Crippen molar-refractivity contribution in [3.05, 3.63) is 0 Å². The largest absolute Gasteiger partial charge is 0.481 e. The fourth-order valence-electron chi connectivity index (χ4n) is 2.29. The zero-order valence-corrected chi connectivity index (χ0v) is 11.8. The fourth-order valence-corrected chi connectivity index (χ4v) is 5.13. The Morgan fingerprint density at radius 1 is 1.17 bits per heavy atom. The first-order valence-corrected chi connectivity index (χ1v) is 8.63. The molecule has 2 aliphatic heterocycles. The Hall–Kier alpha value is -0.310. The van der Waals surface area contributed by atoms with Gasteiger partial charge in [0.05, 0.1) is 5.92 Å². The first kappa shape index (κ1) is 14.1. The summed E-state index contributed by atoms with van der Waals surface area (Å²) < 4.78 is 27.5. The Labute approximate surface area is 112 Å². The topological polar surface area (TPSA) is 77.9 Å². The molecule has 104 valence electrons. The third kappa shape index (κ3) is 2.98. The molecule has 0 radical (unpaired) electrons. The summed E-state index contributed by atoms with van der Waals surface area (Å²) in [7, 11) is -3.46. The zero-order valence-electron chi connectivity index (χ0n) is 10.1. The van der Waals surface area contributed by atoms with Gasteiger partial charge in [-0.25, -0.2) is 0 Å². The first-order chi connectivity index (χ1) is 8.51. The summed E-state index contributed by atoms with van der Waals surface area (Å²) in [6.07, 6.45) is 1.19. The number of hydrogen-bond donors (Lipinski definition) is 1. The number of thioether (sulfide) groups is 1. The maximum atomic E-state index is 12.4. The van der Waals surface area contributed by atoms with Crippen LogP contribution >= 0.6 is 11.8 Å². The van der Waals surface area contributed by atoms with Crippen molar-refractivity contribution in [2.24, 2.45) is 5.92 Å². The summed E-state index contributed by atoms with van der Waals surface area (Å²) in [5, 5.41) is 8.99. The third-order valence-electron chi connectivity index (χ3n) is 3.36. The Bertz CT molecular complexity index is 406. The first-order valence-electron chi connectivity index (χ1n) is 6.07. The summed E-state index contributed by atoms with van der Waals surface area (Å²) in [4.78, 5) is 11.0. The highest BCUT2D eigenvalue weighted by atomic mass is 32.2. The van der Waals surface area contributed by atoms with Crippen molar-refractivity contribution >= 4 is 27.9 Å². The van der Waals surface area contributed by atoms with Crippen LogP contribution in [0.4, 0.5) is 0 Å². The van der Waals surface area contributed by atoms with E-state index in [1.165, 1.54) is 8.61 Å². The van der Waals surface area contributed by atoms with E-state index in [-0.39, 0.29) is 6.54 Å². The van der Waals surface area contributed by atoms with E-state index in [1.807, 2.05) is 0 Å². The molecule has 0 aromatic heterocycles. The summed E-state index contributed by atoms with van der Waals surface area (Å²) >= 11 is 1.75. The van der Waals surface area contributed by atoms with Gasteiger partial charge in [0.25, 0.3) is 10.2 Å². The molecule has 2 heterocycles. The van der Waals surface area contributed by atoms with Crippen molar-refractivity contribution in [3.63, 3.8) is 0 Å². The molecule has 0 aromatic carbocycles. The monoisotopic (exact) mass is 294 g/mol. The maximum absolute atomic E-state index is 12.4. The van der Waals surface area contributed by atoms with Gasteiger partial charge in [-0.2, -0.15) is 28.8 Å². The van der Waals surface area contributed by atoms with Gasteiger partial charge in [0.2, 0.25) is 0 Å². The van der Waals surface area contributed by atoms with E-state index in [4.69, 9.17) is 5.11 Å². The van der Waals surface area contributed by atoms with E-state index < -0.39 is 22.1 Å². The van der Waals surface area contributed by atoms with Crippen molar-refractivity contribution < 1.29 is 18.3 Å². The molecule has 0 aromatic rings. The van der Waals surface area contributed by atoms with Gasteiger partial charge in [0.1, 0.15) is 0 Å². The second kappa shape index (κ2) is 5.77. The molecule has 6 nitrogen and oxygen atoms in total. The molecule has 0 amide bonds. The van der Waals surface area contributed by atoms with Crippen LogP contribution in [-0.2, 0) is 15.0 Å². The maximum Gasteiger partial charge on any atom is 0.307 e. The molecule has 0 aliphatic carbocycles. The third-order valence-corrected chi connectivity index (χ3v) is 6.30. The Kier molecular flexibility index (Phi) is 4.52. The summed E-state index contributed by atoms with van der Waals surface area (Å²) in [6, 6.07) is 0. The molecule has 1 atom stereocenters. The molecule has 2 fully saturated rings. The lowest BCUT2D eigenvalue weighted by Gasteiger charge is -2.35. The van der Waals surface area contributed by atoms with Crippen LogP contribution in [0, 0.1) is 5.92 Å². The number of carboxylic acids is 1. The molecule has 2 aliphatic rings. The number of piperidine rings is 1. The quantitative estimate of drug-likeness (QED) is 0.797. The number of carbonyl (C=O) groups is 1. The minimum atomic E-state index is -3.46. The molecule has 1 N–H and O–H groups in total. The average molecular weight is 294 g/mol. The molecular formula is C10H18N2O4S2. The van der Waals surface area contributed by atoms with Crippen molar-refractivity contribution in [3.8, 4) is 0 Å². The van der Waals surface area contributed by atoms with Gasteiger partial charge in [-0.05, 0) is 12.8 Å². The standard InChI is InChI=1S/C10H18N2O4S2/c13-10(14)9-2-1-3-12(8-9)18(15,16)11-4-6-17-7-5-11/h9H,1-8H2,(H,13,14). The SMILES string of the molecule is O=C(O)C1CCCN(S(=O)(=O)N2CCSCC2)C1. The number of aliphatic carboxylic acids is 1. The second-order valence-corrected chi connectivity index (χ2v) is 7.71. The lowest BCUT2D eigenvalue weighted by Crippen LogP contribution is -2.51. The fraction of sp³-hybridized carbons (Fsp3) is 0.900. The lowest BCUT2D eigenvalue weighted by molar-refractivity contribution is -0.142. The predicted octanol–water partition coefficient (Wildman–Crippen LogP) is 0.0766. The van der Waals surface area contributed by atoms with E-state index in [0.717, 1.165) is 11.5 Å². The van der Waals surface area contributed by atoms with Gasteiger partial charge < -0.3 is 5.11 Å². The zero-order chi connectivity index (χ0) is 13.2. The van der Waals surface area contributed by atoms with Crippen molar-refractivity contribution in [1.29, 1.82) is 0 Å². The van der Waals surface area contributed by atoms with Crippen molar-refractivity contribution in [1.82, 2.24) is 8.61 Å². The van der Waals surface area contributed by atoms with E-state index in [0.29, 0.717) is 32.5 Å². The van der Waals surface area contributed by atoms with Crippen LogP contribution in [0.5, 0.6) is 0 Å². The summed E-state index contributed by atoms with van der Waals surface area (Å²) in [5.41, 5.74) is 0. The smallest absolute Gasteiger partial charge is 0.307 e. The van der Waals surface area contributed by atoms with E-state index in [9.17, 15) is 13.2 Å². The van der Waals surface area contributed by atoms with Crippen molar-refractivity contribution in [2.45, 2.75) is 12.8 Å². The van der Waals surface area contributed by atoms with Crippen LogP contribution in [-0.4, -0.2) is 65.8 Å². The van der Waals surface area contributed by atoms with E-state index in [2.05, 4.69) is 0 Å². The van der Waals surface area contributed by atoms with Gasteiger partial charge in [-0.1, -0.05) is 0 Å². The van der Waals surface area contributed by atoms with Gasteiger partial charge in [-0.3, -0.25) is 4.79 Å². The highest BCUT2D eigenvalue weighted by Gasteiger charge is 2.36. The van der Waals surface area contributed by atoms with Gasteiger partial charge in [0.15, 0.2) is 0 Å². The Morgan fingerprint density at radius 3 is 2.44 bits per heavy atom. The van der Waals surface area contributed by atoms with E-state index in [1.54, 1.807) is 11.8 Å². The Morgan fingerprint density at radius 2 is 1.83 bits per heavy atom. The van der Waals surface area contributed by atoms with Crippen LogP contribution in [0.25, 0.3) is 0 Å². The summed E-state index contributed by atoms with van der Waals surface area (Å²) in [5.74, 6) is 0.169.